The van der Waals surface area contributed by atoms with E-state index in [0.29, 0.717) is 25.1 Å². The van der Waals surface area contributed by atoms with E-state index in [0.717, 1.165) is 0 Å². The van der Waals surface area contributed by atoms with Crippen LogP contribution in [0.2, 0.25) is 0 Å². The Morgan fingerprint density at radius 2 is 2.19 bits per heavy atom. The lowest BCUT2D eigenvalue weighted by Gasteiger charge is -2.13. The van der Waals surface area contributed by atoms with Gasteiger partial charge in [0.2, 0.25) is 0 Å². The molecule has 88 valence electrons. The number of hydrogen-bond acceptors (Lipinski definition) is 3. The first-order valence-corrected chi connectivity index (χ1v) is 5.21. The molecule has 0 aliphatic rings. The van der Waals surface area contributed by atoms with Gasteiger partial charge in [-0.05, 0) is 19.2 Å². The maximum Gasteiger partial charge on any atom is 0.164 e. The quantitative estimate of drug-likeness (QED) is 0.742. The topological polar surface area (TPSA) is 40.5 Å². The highest BCUT2D eigenvalue weighted by Gasteiger charge is 2.07. The fraction of sp³-hybridized carbons (Fsp3) is 0.417. The summed E-state index contributed by atoms with van der Waals surface area (Å²) in [5.41, 5.74) is 0.400. The van der Waals surface area contributed by atoms with Crippen LogP contribution in [0, 0.1) is 5.82 Å². The van der Waals surface area contributed by atoms with Crippen LogP contribution in [-0.2, 0) is 0 Å². The third kappa shape index (κ3) is 4.08. The second kappa shape index (κ2) is 6.35. The van der Waals surface area contributed by atoms with Gasteiger partial charge in [0.25, 0.3) is 0 Å². The van der Waals surface area contributed by atoms with E-state index in [1.807, 2.05) is 11.9 Å². The van der Waals surface area contributed by atoms with E-state index >= 15 is 0 Å². The molecule has 3 nitrogen and oxygen atoms in total. The lowest BCUT2D eigenvalue weighted by molar-refractivity contribution is 0.0964. The van der Waals surface area contributed by atoms with Crippen molar-refractivity contribution in [2.24, 2.45) is 0 Å². The summed E-state index contributed by atoms with van der Waals surface area (Å²) < 4.78 is 12.9. The summed E-state index contributed by atoms with van der Waals surface area (Å²) >= 11 is 0. The number of halogens is 1. The molecule has 0 amide bonds. The molecular weight excluding hydrogens is 209 g/mol. The number of carbonyl (C=O) groups excluding carboxylic acids is 1. The van der Waals surface area contributed by atoms with E-state index in [9.17, 15) is 9.18 Å². The summed E-state index contributed by atoms with van der Waals surface area (Å²) in [6.45, 7) is 1.18. The number of hydrogen-bond donors (Lipinski definition) is 1. The normalized spacial score (nSPS) is 10.8. The van der Waals surface area contributed by atoms with Crippen molar-refractivity contribution in [2.75, 3.05) is 26.7 Å². The zero-order valence-corrected chi connectivity index (χ0v) is 9.32. The van der Waals surface area contributed by atoms with E-state index < -0.39 is 5.82 Å². The first-order valence-electron chi connectivity index (χ1n) is 5.21. The Kier molecular flexibility index (Phi) is 5.08. The minimum Gasteiger partial charge on any atom is -0.395 e. The first kappa shape index (κ1) is 12.8. The average Bonchev–Trinajstić information content (AvgIpc) is 2.26. The van der Waals surface area contributed by atoms with Gasteiger partial charge in [0, 0.05) is 25.1 Å². The summed E-state index contributed by atoms with van der Waals surface area (Å²) in [5.74, 6) is -0.473. The molecular formula is C12H16FNO2. The number of nitrogens with zero attached hydrogens (tertiary/aromatic N) is 1. The number of likely N-dealkylation sites (N-methyl/N-ethyl adjacent to an activating group) is 1. The first-order chi connectivity index (χ1) is 7.63. The molecule has 1 N–H and O–H groups in total. The van der Waals surface area contributed by atoms with Crippen molar-refractivity contribution in [2.45, 2.75) is 6.42 Å². The Morgan fingerprint density at radius 1 is 1.44 bits per heavy atom. The molecule has 0 atom stereocenters. The van der Waals surface area contributed by atoms with Gasteiger partial charge in [-0.1, -0.05) is 12.1 Å². The third-order valence-electron chi connectivity index (χ3n) is 2.35. The molecule has 1 aromatic carbocycles. The highest BCUT2D eigenvalue weighted by Crippen LogP contribution is 2.06. The van der Waals surface area contributed by atoms with Crippen LogP contribution in [0.4, 0.5) is 4.39 Å². The Morgan fingerprint density at radius 3 is 2.81 bits per heavy atom. The van der Waals surface area contributed by atoms with Crippen LogP contribution in [0.3, 0.4) is 0 Å². The van der Waals surface area contributed by atoms with Crippen LogP contribution >= 0.6 is 0 Å². The monoisotopic (exact) mass is 225 g/mol. The zero-order valence-electron chi connectivity index (χ0n) is 9.32. The highest BCUT2D eigenvalue weighted by atomic mass is 19.1. The van der Waals surface area contributed by atoms with Gasteiger partial charge in [0.1, 0.15) is 5.82 Å². The molecule has 0 heterocycles. The molecule has 1 aromatic rings. The van der Waals surface area contributed by atoms with E-state index in [-0.39, 0.29) is 12.4 Å². The zero-order chi connectivity index (χ0) is 12.0. The predicted molar refractivity (Wildman–Crippen MR) is 59.9 cm³/mol. The number of Topliss-reactive ketones (excluding diaryl/α,β-unsaturated/α-hetero) is 1. The van der Waals surface area contributed by atoms with Crippen molar-refractivity contribution in [3.05, 3.63) is 35.6 Å². The van der Waals surface area contributed by atoms with E-state index in [2.05, 4.69) is 0 Å². The fourth-order valence-electron chi connectivity index (χ4n) is 1.38. The average molecular weight is 225 g/mol. The SMILES string of the molecule is CN(CCO)CCC(=O)c1cccc(F)c1. The van der Waals surface area contributed by atoms with Gasteiger partial charge < -0.3 is 10.0 Å². The van der Waals surface area contributed by atoms with Crippen molar-refractivity contribution in [1.82, 2.24) is 4.90 Å². The number of rotatable bonds is 6. The summed E-state index contributed by atoms with van der Waals surface area (Å²) in [7, 11) is 1.83. The van der Waals surface area contributed by atoms with Crippen molar-refractivity contribution in [3.63, 3.8) is 0 Å². The predicted octanol–water partition coefficient (Wildman–Crippen LogP) is 1.32. The fourth-order valence-corrected chi connectivity index (χ4v) is 1.38. The lowest BCUT2D eigenvalue weighted by atomic mass is 10.1. The van der Waals surface area contributed by atoms with Crippen LogP contribution in [0.25, 0.3) is 0 Å². The summed E-state index contributed by atoms with van der Waals surface area (Å²) in [6, 6.07) is 5.69. The molecule has 0 spiro atoms. The molecule has 1 rings (SSSR count). The van der Waals surface area contributed by atoms with Crippen molar-refractivity contribution >= 4 is 5.78 Å². The summed E-state index contributed by atoms with van der Waals surface area (Å²) in [5, 5.41) is 8.68. The van der Waals surface area contributed by atoms with Gasteiger partial charge in [-0.3, -0.25) is 4.79 Å². The van der Waals surface area contributed by atoms with E-state index in [4.69, 9.17) is 5.11 Å². The molecule has 0 aromatic heterocycles. The van der Waals surface area contributed by atoms with Crippen LogP contribution < -0.4 is 0 Å². The number of aliphatic hydroxyl groups excluding tert-OH is 1. The minimum atomic E-state index is -0.394. The van der Waals surface area contributed by atoms with E-state index in [1.54, 1.807) is 6.07 Å². The van der Waals surface area contributed by atoms with E-state index in [1.165, 1.54) is 18.2 Å². The Bertz CT molecular complexity index is 355. The molecule has 0 saturated heterocycles. The summed E-state index contributed by atoms with van der Waals surface area (Å²) in [4.78, 5) is 13.5. The number of carbonyl (C=O) groups is 1. The maximum atomic E-state index is 12.9. The molecule has 0 unspecified atom stereocenters. The van der Waals surface area contributed by atoms with Gasteiger partial charge in [-0.2, -0.15) is 0 Å². The van der Waals surface area contributed by atoms with Crippen molar-refractivity contribution in [1.29, 1.82) is 0 Å². The molecule has 0 fully saturated rings. The van der Waals surface area contributed by atoms with Gasteiger partial charge >= 0.3 is 0 Å². The molecule has 0 aliphatic carbocycles. The van der Waals surface area contributed by atoms with Crippen LogP contribution in [0.1, 0.15) is 16.8 Å². The van der Waals surface area contributed by atoms with Crippen LogP contribution in [-0.4, -0.2) is 42.5 Å². The molecule has 0 aliphatic heterocycles. The molecule has 0 radical (unpaired) electrons. The molecule has 0 saturated carbocycles. The maximum absolute atomic E-state index is 12.9. The minimum absolute atomic E-state index is 0.0741. The largest absolute Gasteiger partial charge is 0.395 e. The Hall–Kier alpha value is -1.26. The standard InChI is InChI=1S/C12H16FNO2/c1-14(7-8-15)6-5-12(16)10-3-2-4-11(13)9-10/h2-4,9,15H,5-8H2,1H3. The Balaban J connectivity index is 2.47. The van der Waals surface area contributed by atoms with Crippen LogP contribution in [0.15, 0.2) is 24.3 Å². The molecule has 4 heteroatoms. The molecule has 0 bridgehead atoms. The number of ketones is 1. The van der Waals surface area contributed by atoms with Gasteiger partial charge in [0.15, 0.2) is 5.78 Å². The van der Waals surface area contributed by atoms with Gasteiger partial charge in [-0.15, -0.1) is 0 Å². The van der Waals surface area contributed by atoms with Gasteiger partial charge in [-0.25, -0.2) is 4.39 Å². The second-order valence-corrected chi connectivity index (χ2v) is 3.71. The van der Waals surface area contributed by atoms with Crippen molar-refractivity contribution in [3.8, 4) is 0 Å². The van der Waals surface area contributed by atoms with Gasteiger partial charge in [0.05, 0.1) is 6.61 Å². The Labute approximate surface area is 94.5 Å². The number of benzene rings is 1. The molecule has 16 heavy (non-hydrogen) atoms. The van der Waals surface area contributed by atoms with Crippen LogP contribution in [0.5, 0.6) is 0 Å². The number of aliphatic hydroxyl groups is 1. The third-order valence-corrected chi connectivity index (χ3v) is 2.35. The van der Waals surface area contributed by atoms with Crippen molar-refractivity contribution < 1.29 is 14.3 Å². The lowest BCUT2D eigenvalue weighted by Crippen LogP contribution is -2.25. The second-order valence-electron chi connectivity index (χ2n) is 3.71. The highest BCUT2D eigenvalue weighted by molar-refractivity contribution is 5.96. The summed E-state index contributed by atoms with van der Waals surface area (Å²) in [6.07, 6.45) is 0.333. The smallest absolute Gasteiger partial charge is 0.164 e.